The summed E-state index contributed by atoms with van der Waals surface area (Å²) >= 11 is 0. The number of hydrogen-bond donors (Lipinski definition) is 3. The second-order valence-electron chi connectivity index (χ2n) is 8.33. The van der Waals surface area contributed by atoms with Gasteiger partial charge in [-0.25, -0.2) is 14.4 Å². The predicted molar refractivity (Wildman–Crippen MR) is 109 cm³/mol. The summed E-state index contributed by atoms with van der Waals surface area (Å²) in [5.41, 5.74) is 3.03. The van der Waals surface area contributed by atoms with Crippen molar-refractivity contribution in [3.63, 3.8) is 0 Å². The molecule has 7 nitrogen and oxygen atoms in total. The summed E-state index contributed by atoms with van der Waals surface area (Å²) in [5, 5.41) is 25.7. The number of nitrogens with one attached hydrogen (secondary N) is 1. The standard InChI is InChI=1S/C22H25FN4O3/c1-11-8-24-9-14-17(4-3-15(23)19(11)14)30-18-7-16(20(28)21(18)29)27-6-5-13-12(2)25-10-26-22(13)27/h3-6,10-11,16,18,20-21,24,28-29H,7-9H2,1-2H3/t11?,16-,18+,20+,21-/m1/s1. The lowest BCUT2D eigenvalue weighted by Crippen LogP contribution is -2.35. The Morgan fingerprint density at radius 1 is 1.20 bits per heavy atom. The quantitative estimate of drug-likeness (QED) is 0.611. The van der Waals surface area contributed by atoms with Crippen LogP contribution in [0.1, 0.15) is 42.1 Å². The second-order valence-corrected chi connectivity index (χ2v) is 8.33. The lowest BCUT2D eigenvalue weighted by Gasteiger charge is -2.28. The van der Waals surface area contributed by atoms with Crippen molar-refractivity contribution in [2.45, 2.75) is 57.1 Å². The van der Waals surface area contributed by atoms with Gasteiger partial charge in [0.25, 0.3) is 0 Å². The van der Waals surface area contributed by atoms with Crippen LogP contribution in [0.2, 0.25) is 0 Å². The van der Waals surface area contributed by atoms with Gasteiger partial charge in [-0.1, -0.05) is 6.92 Å². The van der Waals surface area contributed by atoms with Crippen LogP contribution in [0, 0.1) is 12.7 Å². The van der Waals surface area contributed by atoms with E-state index in [-0.39, 0.29) is 17.8 Å². The first kappa shape index (κ1) is 19.4. The molecule has 30 heavy (non-hydrogen) atoms. The number of aryl methyl sites for hydroxylation is 1. The third kappa shape index (κ3) is 2.98. The van der Waals surface area contributed by atoms with E-state index in [1.807, 2.05) is 30.7 Å². The van der Waals surface area contributed by atoms with Crippen LogP contribution in [0.5, 0.6) is 5.75 Å². The van der Waals surface area contributed by atoms with Crippen LogP contribution in [-0.4, -0.2) is 49.6 Å². The van der Waals surface area contributed by atoms with Crippen LogP contribution in [0.25, 0.3) is 11.0 Å². The average molecular weight is 412 g/mol. The number of aliphatic hydroxyl groups is 2. The van der Waals surface area contributed by atoms with Crippen LogP contribution in [0.15, 0.2) is 30.7 Å². The van der Waals surface area contributed by atoms with Gasteiger partial charge in [-0.15, -0.1) is 0 Å². The molecule has 0 saturated heterocycles. The van der Waals surface area contributed by atoms with Gasteiger partial charge in [0.05, 0.1) is 11.7 Å². The topological polar surface area (TPSA) is 92.4 Å². The van der Waals surface area contributed by atoms with Gasteiger partial charge in [-0.05, 0) is 31.0 Å². The van der Waals surface area contributed by atoms with E-state index in [0.29, 0.717) is 30.8 Å². The highest BCUT2D eigenvalue weighted by atomic mass is 19.1. The van der Waals surface area contributed by atoms with Crippen LogP contribution < -0.4 is 10.1 Å². The molecule has 1 aromatic carbocycles. The molecule has 1 unspecified atom stereocenters. The summed E-state index contributed by atoms with van der Waals surface area (Å²) in [6.07, 6.45) is 1.08. The van der Waals surface area contributed by atoms with Gasteiger partial charge in [-0.2, -0.15) is 0 Å². The lowest BCUT2D eigenvalue weighted by molar-refractivity contribution is -0.0166. The van der Waals surface area contributed by atoms with Gasteiger partial charge < -0.3 is 24.8 Å². The third-order valence-corrected chi connectivity index (χ3v) is 6.45. The number of rotatable bonds is 3. The first-order chi connectivity index (χ1) is 14.5. The average Bonchev–Trinajstić information content (AvgIpc) is 3.27. The molecule has 3 N–H and O–H groups in total. The highest BCUT2D eigenvalue weighted by Crippen LogP contribution is 2.39. The summed E-state index contributed by atoms with van der Waals surface area (Å²) < 4.78 is 22.4. The smallest absolute Gasteiger partial charge is 0.143 e. The zero-order chi connectivity index (χ0) is 21.0. The molecule has 2 aliphatic rings. The first-order valence-electron chi connectivity index (χ1n) is 10.3. The minimum Gasteiger partial charge on any atom is -0.487 e. The van der Waals surface area contributed by atoms with Crippen LogP contribution in [-0.2, 0) is 6.54 Å². The molecule has 1 aliphatic heterocycles. The lowest BCUT2D eigenvalue weighted by atomic mass is 9.91. The number of aromatic nitrogens is 3. The number of ether oxygens (including phenoxy) is 1. The Morgan fingerprint density at radius 3 is 2.87 bits per heavy atom. The molecular formula is C22H25FN4O3. The highest BCUT2D eigenvalue weighted by molar-refractivity contribution is 5.78. The van der Waals surface area contributed by atoms with E-state index in [9.17, 15) is 14.6 Å². The van der Waals surface area contributed by atoms with E-state index >= 15 is 0 Å². The van der Waals surface area contributed by atoms with Gasteiger partial charge in [0.1, 0.15) is 41.9 Å². The Morgan fingerprint density at radius 2 is 2.03 bits per heavy atom. The SMILES string of the molecule is Cc1ncnc2c1ccn2[C@@H]1C[C@H](Oc2ccc(F)c3c2CNCC3C)[C@@H](O)[C@H]1O. The largest absolute Gasteiger partial charge is 0.487 e. The fourth-order valence-corrected chi connectivity index (χ4v) is 4.85. The predicted octanol–water partition coefficient (Wildman–Crippen LogP) is 2.20. The molecule has 0 radical (unpaired) electrons. The van der Waals surface area contributed by atoms with Crippen molar-refractivity contribution < 1.29 is 19.3 Å². The van der Waals surface area contributed by atoms with Crippen molar-refractivity contribution in [3.05, 3.63) is 53.4 Å². The number of fused-ring (bicyclic) bond motifs is 2. The zero-order valence-electron chi connectivity index (χ0n) is 16.9. The molecule has 158 valence electrons. The maximum absolute atomic E-state index is 14.4. The van der Waals surface area contributed by atoms with Crippen molar-refractivity contribution in [3.8, 4) is 5.75 Å². The zero-order valence-corrected chi connectivity index (χ0v) is 16.9. The van der Waals surface area contributed by atoms with E-state index < -0.39 is 18.3 Å². The van der Waals surface area contributed by atoms with Crippen molar-refractivity contribution in [1.29, 1.82) is 0 Å². The Hall–Kier alpha value is -2.55. The normalized spacial score (nSPS) is 28.6. The van der Waals surface area contributed by atoms with E-state index in [1.165, 1.54) is 12.4 Å². The fourth-order valence-electron chi connectivity index (χ4n) is 4.85. The van der Waals surface area contributed by atoms with E-state index in [4.69, 9.17) is 4.74 Å². The molecule has 0 bridgehead atoms. The number of aliphatic hydroxyl groups excluding tert-OH is 2. The van der Waals surface area contributed by atoms with E-state index in [0.717, 1.165) is 22.3 Å². The molecular weight excluding hydrogens is 387 g/mol. The Bertz CT molecular complexity index is 1100. The summed E-state index contributed by atoms with van der Waals surface area (Å²) in [4.78, 5) is 8.57. The van der Waals surface area contributed by atoms with E-state index in [2.05, 4.69) is 15.3 Å². The van der Waals surface area contributed by atoms with Gasteiger partial charge in [0.2, 0.25) is 0 Å². The molecule has 8 heteroatoms. The summed E-state index contributed by atoms with van der Waals surface area (Å²) in [7, 11) is 0. The molecule has 5 atom stereocenters. The third-order valence-electron chi connectivity index (χ3n) is 6.45. The molecule has 0 amide bonds. The molecule has 2 aromatic heterocycles. The molecule has 3 heterocycles. The van der Waals surface area contributed by atoms with Gasteiger partial charge >= 0.3 is 0 Å². The summed E-state index contributed by atoms with van der Waals surface area (Å²) in [6.45, 7) is 5.11. The molecule has 1 saturated carbocycles. The van der Waals surface area contributed by atoms with E-state index in [1.54, 1.807) is 6.07 Å². The molecule has 0 spiro atoms. The Kier molecular flexibility index (Phi) is 4.72. The summed E-state index contributed by atoms with van der Waals surface area (Å²) in [5.74, 6) is 0.362. The molecule has 3 aromatic rings. The van der Waals surface area contributed by atoms with Crippen LogP contribution in [0.3, 0.4) is 0 Å². The maximum Gasteiger partial charge on any atom is 0.143 e. The monoisotopic (exact) mass is 412 g/mol. The highest BCUT2D eigenvalue weighted by Gasteiger charge is 2.44. The number of hydrogen-bond acceptors (Lipinski definition) is 6. The van der Waals surface area contributed by atoms with Crippen molar-refractivity contribution in [2.75, 3.05) is 6.54 Å². The van der Waals surface area contributed by atoms with Gasteiger partial charge in [0, 0.05) is 42.2 Å². The Labute approximate surface area is 173 Å². The van der Waals surface area contributed by atoms with Crippen molar-refractivity contribution in [2.24, 2.45) is 0 Å². The number of halogens is 1. The minimum absolute atomic E-state index is 0.0401. The second kappa shape index (κ2) is 7.30. The van der Waals surface area contributed by atoms with Crippen molar-refractivity contribution >= 4 is 11.0 Å². The Balaban J connectivity index is 1.45. The summed E-state index contributed by atoms with van der Waals surface area (Å²) in [6, 6.07) is 4.57. The first-order valence-corrected chi connectivity index (χ1v) is 10.3. The number of benzene rings is 1. The number of nitrogens with zero attached hydrogens (tertiary/aromatic N) is 3. The fraction of sp³-hybridized carbons (Fsp3) is 0.455. The maximum atomic E-state index is 14.4. The van der Waals surface area contributed by atoms with Crippen LogP contribution in [0.4, 0.5) is 4.39 Å². The van der Waals surface area contributed by atoms with Gasteiger partial charge in [-0.3, -0.25) is 0 Å². The van der Waals surface area contributed by atoms with Crippen LogP contribution >= 0.6 is 0 Å². The molecule has 5 rings (SSSR count). The minimum atomic E-state index is -1.06. The van der Waals surface area contributed by atoms with Gasteiger partial charge in [0.15, 0.2) is 0 Å². The molecule has 1 aliphatic carbocycles. The van der Waals surface area contributed by atoms with Crippen molar-refractivity contribution in [1.82, 2.24) is 19.9 Å². The molecule has 1 fully saturated rings.